The van der Waals surface area contributed by atoms with E-state index in [1.165, 1.54) is 11.3 Å². The van der Waals surface area contributed by atoms with Crippen LogP contribution in [0.2, 0.25) is 0 Å². The quantitative estimate of drug-likeness (QED) is 0.713. The minimum absolute atomic E-state index is 0.451. The van der Waals surface area contributed by atoms with Gasteiger partial charge in [-0.2, -0.15) is 0 Å². The van der Waals surface area contributed by atoms with Gasteiger partial charge in [0.15, 0.2) is 0 Å². The molecule has 0 bridgehead atoms. The van der Waals surface area contributed by atoms with Crippen LogP contribution in [0.25, 0.3) is 5.78 Å². The van der Waals surface area contributed by atoms with Crippen LogP contribution in [0.15, 0.2) is 6.20 Å². The van der Waals surface area contributed by atoms with Gasteiger partial charge in [-0.05, 0) is 32.3 Å². The molecule has 0 unspecified atom stereocenters. The maximum atomic E-state index is 4.61. The number of nitrogens with zero attached hydrogens (tertiary/aromatic N) is 3. The van der Waals surface area contributed by atoms with Crippen molar-refractivity contribution < 1.29 is 0 Å². The first-order valence-electron chi connectivity index (χ1n) is 5.33. The molecule has 0 radical (unpaired) electrons. The minimum Gasteiger partial charge on any atom is -0.288 e. The molecule has 15 heavy (non-hydrogen) atoms. The van der Waals surface area contributed by atoms with Gasteiger partial charge in [0.1, 0.15) is 0 Å². The number of hydrogen-bond acceptors (Lipinski definition) is 2. The van der Waals surface area contributed by atoms with Crippen LogP contribution in [-0.4, -0.2) is 14.4 Å². The molecule has 0 fully saturated rings. The van der Waals surface area contributed by atoms with Crippen LogP contribution in [-0.2, 0) is 0 Å². The fraction of sp³-hybridized carbons (Fsp3) is 0.500. The van der Waals surface area contributed by atoms with E-state index in [0.717, 1.165) is 17.2 Å². The van der Waals surface area contributed by atoms with Gasteiger partial charge in [-0.3, -0.25) is 4.40 Å². The Labute approximate surface area is 90.2 Å². The highest BCUT2D eigenvalue weighted by molar-refractivity contribution is 5.39. The zero-order valence-corrected chi connectivity index (χ0v) is 10.00. The Hall–Kier alpha value is -1.38. The Morgan fingerprint density at radius 2 is 1.80 bits per heavy atom. The van der Waals surface area contributed by atoms with E-state index in [-0.39, 0.29) is 0 Å². The van der Waals surface area contributed by atoms with Crippen LogP contribution in [0.5, 0.6) is 0 Å². The molecule has 2 heterocycles. The summed E-state index contributed by atoms with van der Waals surface area (Å²) in [5.41, 5.74) is 4.62. The number of fused-ring (bicyclic) bond motifs is 1. The standard InChI is InChI=1S/C12H17N3/c1-7(2)11-8(3)6-15-10(5)9(4)13-12(15)14-11/h6-7H,1-5H3. The second-order valence-corrected chi connectivity index (χ2v) is 4.42. The lowest BCUT2D eigenvalue weighted by molar-refractivity contribution is 0.802. The number of rotatable bonds is 1. The zero-order valence-electron chi connectivity index (χ0n) is 10.00. The van der Waals surface area contributed by atoms with Gasteiger partial charge in [-0.25, -0.2) is 9.97 Å². The van der Waals surface area contributed by atoms with E-state index < -0.39 is 0 Å². The Balaban J connectivity index is 2.76. The van der Waals surface area contributed by atoms with Crippen LogP contribution in [0.4, 0.5) is 0 Å². The molecule has 0 aromatic carbocycles. The van der Waals surface area contributed by atoms with Crippen LogP contribution in [0, 0.1) is 20.8 Å². The first kappa shape index (κ1) is 10.1. The summed E-state index contributed by atoms with van der Waals surface area (Å²) < 4.78 is 2.07. The van der Waals surface area contributed by atoms with Gasteiger partial charge in [-0.15, -0.1) is 0 Å². The Morgan fingerprint density at radius 3 is 2.40 bits per heavy atom. The van der Waals surface area contributed by atoms with Crippen molar-refractivity contribution in [3.63, 3.8) is 0 Å². The van der Waals surface area contributed by atoms with Gasteiger partial charge in [-0.1, -0.05) is 13.8 Å². The van der Waals surface area contributed by atoms with Gasteiger partial charge >= 0.3 is 0 Å². The van der Waals surface area contributed by atoms with E-state index in [0.29, 0.717) is 5.92 Å². The van der Waals surface area contributed by atoms with E-state index >= 15 is 0 Å². The third-order valence-corrected chi connectivity index (χ3v) is 2.86. The highest BCUT2D eigenvalue weighted by atomic mass is 15.1. The molecule has 0 saturated heterocycles. The molecule has 80 valence electrons. The van der Waals surface area contributed by atoms with Crippen LogP contribution >= 0.6 is 0 Å². The average Bonchev–Trinajstić information content (AvgIpc) is 2.43. The molecule has 0 amide bonds. The first-order valence-corrected chi connectivity index (χ1v) is 5.33. The Bertz CT molecular complexity index is 509. The smallest absolute Gasteiger partial charge is 0.234 e. The van der Waals surface area contributed by atoms with E-state index in [2.05, 4.69) is 48.3 Å². The Morgan fingerprint density at radius 1 is 1.13 bits per heavy atom. The summed E-state index contributed by atoms with van der Waals surface area (Å²) in [7, 11) is 0. The molecule has 0 spiro atoms. The van der Waals surface area contributed by atoms with Crippen molar-refractivity contribution in [2.45, 2.75) is 40.5 Å². The van der Waals surface area contributed by atoms with Gasteiger partial charge in [0.05, 0.1) is 11.4 Å². The largest absolute Gasteiger partial charge is 0.288 e. The summed E-state index contributed by atoms with van der Waals surface area (Å²) in [4.78, 5) is 9.06. The summed E-state index contributed by atoms with van der Waals surface area (Å²) in [6.07, 6.45) is 2.13. The first-order chi connectivity index (χ1) is 7.00. The van der Waals surface area contributed by atoms with E-state index in [1.807, 2.05) is 6.92 Å². The summed E-state index contributed by atoms with van der Waals surface area (Å²) >= 11 is 0. The molecule has 2 aromatic rings. The molecule has 0 N–H and O–H groups in total. The lowest BCUT2D eigenvalue weighted by atomic mass is 10.1. The van der Waals surface area contributed by atoms with Crippen molar-refractivity contribution >= 4 is 5.78 Å². The third kappa shape index (κ3) is 1.52. The molecular weight excluding hydrogens is 186 g/mol. The molecule has 0 aliphatic heterocycles. The molecule has 0 aliphatic rings. The molecule has 0 saturated carbocycles. The number of aryl methyl sites for hydroxylation is 3. The topological polar surface area (TPSA) is 30.2 Å². The predicted molar refractivity (Wildman–Crippen MR) is 61.3 cm³/mol. The monoisotopic (exact) mass is 203 g/mol. The summed E-state index contributed by atoms with van der Waals surface area (Å²) in [6.45, 7) is 10.5. The van der Waals surface area contributed by atoms with Crippen molar-refractivity contribution in [1.29, 1.82) is 0 Å². The normalized spacial score (nSPS) is 11.6. The van der Waals surface area contributed by atoms with Gasteiger partial charge in [0.25, 0.3) is 0 Å². The van der Waals surface area contributed by atoms with E-state index in [9.17, 15) is 0 Å². The van der Waals surface area contributed by atoms with Crippen LogP contribution in [0.3, 0.4) is 0 Å². The predicted octanol–water partition coefficient (Wildman–Crippen LogP) is 2.78. The molecule has 3 nitrogen and oxygen atoms in total. The second kappa shape index (κ2) is 3.33. The van der Waals surface area contributed by atoms with Crippen molar-refractivity contribution in [2.75, 3.05) is 0 Å². The lowest BCUT2D eigenvalue weighted by Crippen LogP contribution is -2.01. The summed E-state index contributed by atoms with van der Waals surface area (Å²) in [6, 6.07) is 0. The Kier molecular flexibility index (Phi) is 2.25. The molecule has 0 aliphatic carbocycles. The van der Waals surface area contributed by atoms with E-state index in [4.69, 9.17) is 0 Å². The molecule has 0 atom stereocenters. The van der Waals surface area contributed by atoms with Gasteiger partial charge in [0, 0.05) is 11.9 Å². The van der Waals surface area contributed by atoms with E-state index in [1.54, 1.807) is 0 Å². The molecule has 3 heteroatoms. The molecule has 2 aromatic heterocycles. The number of hydrogen-bond donors (Lipinski definition) is 0. The minimum atomic E-state index is 0.451. The van der Waals surface area contributed by atoms with Crippen molar-refractivity contribution in [3.8, 4) is 0 Å². The summed E-state index contributed by atoms with van der Waals surface area (Å²) in [5.74, 6) is 1.27. The average molecular weight is 203 g/mol. The number of aromatic nitrogens is 3. The van der Waals surface area contributed by atoms with Crippen molar-refractivity contribution in [1.82, 2.24) is 14.4 Å². The van der Waals surface area contributed by atoms with Crippen molar-refractivity contribution in [2.24, 2.45) is 0 Å². The lowest BCUT2D eigenvalue weighted by Gasteiger charge is -2.08. The molecular formula is C12H17N3. The fourth-order valence-corrected chi connectivity index (χ4v) is 1.88. The highest BCUT2D eigenvalue weighted by Gasteiger charge is 2.11. The zero-order chi connectivity index (χ0) is 11.2. The van der Waals surface area contributed by atoms with Gasteiger partial charge < -0.3 is 0 Å². The van der Waals surface area contributed by atoms with Crippen LogP contribution in [0.1, 0.15) is 42.4 Å². The number of imidazole rings is 1. The van der Waals surface area contributed by atoms with Crippen LogP contribution < -0.4 is 0 Å². The van der Waals surface area contributed by atoms with Crippen molar-refractivity contribution in [3.05, 3.63) is 28.8 Å². The van der Waals surface area contributed by atoms with Gasteiger partial charge in [0.2, 0.25) is 5.78 Å². The highest BCUT2D eigenvalue weighted by Crippen LogP contribution is 2.18. The SMILES string of the molecule is Cc1cn2c(C)c(C)nc2nc1C(C)C. The summed E-state index contributed by atoms with van der Waals surface area (Å²) in [5, 5.41) is 0. The fourth-order valence-electron chi connectivity index (χ4n) is 1.88. The maximum Gasteiger partial charge on any atom is 0.234 e. The third-order valence-electron chi connectivity index (χ3n) is 2.86. The molecule has 2 rings (SSSR count). The maximum absolute atomic E-state index is 4.61. The second-order valence-electron chi connectivity index (χ2n) is 4.42.